The highest BCUT2D eigenvalue weighted by Gasteiger charge is 2.11. The first-order chi connectivity index (χ1) is 14.9. The number of fused-ring (bicyclic) bond motifs is 1. The third-order valence-corrected chi connectivity index (χ3v) is 4.48. The zero-order valence-electron chi connectivity index (χ0n) is 16.5. The minimum atomic E-state index is 0. The normalized spacial score (nSPS) is 10.1. The molecule has 31 heavy (non-hydrogen) atoms. The van der Waals surface area contributed by atoms with Gasteiger partial charge < -0.3 is 0 Å². The molecule has 4 N–H and O–H groups in total. The van der Waals surface area contributed by atoms with Gasteiger partial charge in [0.05, 0.1) is 17.8 Å². The van der Waals surface area contributed by atoms with E-state index in [9.17, 15) is 0 Å². The summed E-state index contributed by atoms with van der Waals surface area (Å²) in [5, 5.41) is 13.3. The summed E-state index contributed by atoms with van der Waals surface area (Å²) in [6, 6.07) is 25.8. The molecular formula is C22H21ClN8. The van der Waals surface area contributed by atoms with E-state index >= 15 is 0 Å². The van der Waals surface area contributed by atoms with Gasteiger partial charge in [-0.3, -0.25) is 11.7 Å². The van der Waals surface area contributed by atoms with Crippen LogP contribution in [-0.2, 0) is 6.42 Å². The van der Waals surface area contributed by atoms with Gasteiger partial charge in [0.15, 0.2) is 17.3 Å². The Kier molecular flexibility index (Phi) is 7.34. The van der Waals surface area contributed by atoms with Crippen LogP contribution in [0.5, 0.6) is 0 Å². The molecule has 8 nitrogen and oxygen atoms in total. The quantitative estimate of drug-likeness (QED) is 0.330. The molecule has 2 aromatic carbocycles. The summed E-state index contributed by atoms with van der Waals surface area (Å²) < 4.78 is 1.78. The van der Waals surface area contributed by atoms with E-state index in [1.165, 1.54) is 0 Å². The molecule has 0 aliphatic rings. The Balaban J connectivity index is 0.000000883. The molecule has 0 saturated carbocycles. The summed E-state index contributed by atoms with van der Waals surface area (Å²) in [7, 11) is 0. The molecule has 0 amide bonds. The average molecular weight is 433 g/mol. The van der Waals surface area contributed by atoms with Crippen LogP contribution in [0.25, 0.3) is 28.3 Å². The monoisotopic (exact) mass is 432 g/mol. The van der Waals surface area contributed by atoms with E-state index in [-0.39, 0.29) is 12.4 Å². The topological polar surface area (TPSA) is 121 Å². The van der Waals surface area contributed by atoms with E-state index < -0.39 is 0 Å². The van der Waals surface area contributed by atoms with E-state index in [0.717, 1.165) is 28.3 Å². The highest BCUT2D eigenvalue weighted by atomic mass is 35.5. The molecular weight excluding hydrogens is 412 g/mol. The summed E-state index contributed by atoms with van der Waals surface area (Å²) in [5.41, 5.74) is 4.50. The third kappa shape index (κ3) is 4.89. The highest BCUT2D eigenvalue weighted by Crippen LogP contribution is 2.18. The second-order valence-electron chi connectivity index (χ2n) is 6.39. The number of nitrogens with two attached hydrogens (primary N) is 2. The maximum absolute atomic E-state index is 4.73. The Morgan fingerprint density at radius 3 is 2.13 bits per heavy atom. The Morgan fingerprint density at radius 2 is 1.42 bits per heavy atom. The van der Waals surface area contributed by atoms with Crippen molar-refractivity contribution in [3.63, 3.8) is 0 Å². The van der Waals surface area contributed by atoms with Crippen LogP contribution in [-0.4, -0.2) is 29.8 Å². The van der Waals surface area contributed by atoms with Crippen LogP contribution in [0.15, 0.2) is 85.1 Å². The second-order valence-corrected chi connectivity index (χ2v) is 6.39. The Hall–Kier alpha value is -3.72. The maximum atomic E-state index is 4.73. The van der Waals surface area contributed by atoms with Crippen molar-refractivity contribution in [2.75, 3.05) is 0 Å². The van der Waals surface area contributed by atoms with E-state index in [1.807, 2.05) is 78.9 Å². The summed E-state index contributed by atoms with van der Waals surface area (Å²) >= 11 is 0. The summed E-state index contributed by atoms with van der Waals surface area (Å²) in [5.74, 6) is 9.44. The number of hydrogen-bond donors (Lipinski definition) is 2. The zero-order chi connectivity index (χ0) is 20.8. The molecule has 0 bridgehead atoms. The number of rotatable bonds is 4. The number of halogens is 1. The average Bonchev–Trinajstić information content (AvgIpc) is 3.23. The third-order valence-electron chi connectivity index (χ3n) is 4.48. The molecule has 3 aromatic heterocycles. The molecule has 0 atom stereocenters. The molecule has 5 rings (SSSR count). The first-order valence-corrected chi connectivity index (χ1v) is 9.34. The minimum absolute atomic E-state index is 0. The maximum Gasteiger partial charge on any atom is 0.177 e. The Labute approximate surface area is 185 Å². The molecule has 9 heteroatoms. The molecule has 3 heterocycles. The molecule has 0 radical (unpaired) electrons. The lowest BCUT2D eigenvalue weighted by atomic mass is 10.1. The van der Waals surface area contributed by atoms with Gasteiger partial charge in [-0.1, -0.05) is 60.7 Å². The number of nitrogens with zero attached hydrogens (tertiary/aromatic N) is 6. The largest absolute Gasteiger partial charge is 0.274 e. The van der Waals surface area contributed by atoms with Crippen molar-refractivity contribution in [2.45, 2.75) is 6.42 Å². The lowest BCUT2D eigenvalue weighted by Crippen LogP contribution is -2.03. The van der Waals surface area contributed by atoms with Crippen LogP contribution in [0.2, 0.25) is 0 Å². The van der Waals surface area contributed by atoms with Crippen molar-refractivity contribution in [1.29, 1.82) is 0 Å². The summed E-state index contributed by atoms with van der Waals surface area (Å²) in [6.45, 7) is 0. The molecule has 0 saturated heterocycles. The van der Waals surface area contributed by atoms with Crippen LogP contribution >= 0.6 is 12.4 Å². The van der Waals surface area contributed by atoms with E-state index in [1.54, 1.807) is 10.7 Å². The summed E-state index contributed by atoms with van der Waals surface area (Å²) in [4.78, 5) is 9.07. The van der Waals surface area contributed by atoms with E-state index in [4.69, 9.17) is 5.10 Å². The predicted octanol–water partition coefficient (Wildman–Crippen LogP) is 3.08. The van der Waals surface area contributed by atoms with Gasteiger partial charge in [0, 0.05) is 17.3 Å². The fraction of sp³-hybridized carbons (Fsp3) is 0.0455. The van der Waals surface area contributed by atoms with Gasteiger partial charge in [-0.05, 0) is 18.2 Å². The van der Waals surface area contributed by atoms with E-state index in [0.29, 0.717) is 17.9 Å². The highest BCUT2D eigenvalue weighted by molar-refractivity contribution is 5.85. The number of benzene rings is 2. The smallest absolute Gasteiger partial charge is 0.177 e. The lowest BCUT2D eigenvalue weighted by molar-refractivity contribution is 0.828. The molecule has 0 unspecified atom stereocenters. The van der Waals surface area contributed by atoms with Crippen LogP contribution in [0, 0.1) is 0 Å². The van der Waals surface area contributed by atoms with Crippen LogP contribution < -0.4 is 11.7 Å². The Morgan fingerprint density at radius 1 is 0.742 bits per heavy atom. The molecule has 0 aliphatic heterocycles. The van der Waals surface area contributed by atoms with Gasteiger partial charge in [0.1, 0.15) is 0 Å². The van der Waals surface area contributed by atoms with Crippen LogP contribution in [0.1, 0.15) is 11.5 Å². The molecule has 5 aromatic rings. The molecule has 0 fully saturated rings. The number of hydrogen-bond acceptors (Lipinski definition) is 7. The number of hydrazine groups is 1. The van der Waals surface area contributed by atoms with E-state index in [2.05, 4.69) is 31.9 Å². The van der Waals surface area contributed by atoms with Crippen molar-refractivity contribution in [3.8, 4) is 22.6 Å². The van der Waals surface area contributed by atoms with Crippen molar-refractivity contribution in [2.24, 2.45) is 11.7 Å². The van der Waals surface area contributed by atoms with Crippen molar-refractivity contribution in [3.05, 3.63) is 96.6 Å². The Bertz CT molecular complexity index is 1240. The van der Waals surface area contributed by atoms with Gasteiger partial charge in [0.2, 0.25) is 0 Å². The fourth-order valence-corrected chi connectivity index (χ4v) is 3.09. The standard InChI is InChI=1S/C22H16N6.ClH.H4N2/c1-3-7-16(8-4-1)19-11-12-20-25-26-21(28(20)27-19)15-18-13-14-23-22(24-18)17-9-5-2-6-10-17;;1-2/h1-14H,15H2;1H;1-2H2. The first-order valence-electron chi connectivity index (χ1n) is 9.34. The van der Waals surface area contributed by atoms with Crippen molar-refractivity contribution >= 4 is 18.1 Å². The van der Waals surface area contributed by atoms with Crippen molar-refractivity contribution < 1.29 is 0 Å². The van der Waals surface area contributed by atoms with Gasteiger partial charge in [-0.25, -0.2) is 9.97 Å². The second kappa shape index (κ2) is 10.4. The SMILES string of the molecule is Cl.NN.c1ccc(-c2ccc3nnc(Cc4ccnc(-c5ccccc5)n4)n3n2)cc1. The van der Waals surface area contributed by atoms with Gasteiger partial charge in [-0.15, -0.1) is 22.6 Å². The first kappa shape index (κ1) is 22.0. The fourth-order valence-electron chi connectivity index (χ4n) is 3.09. The number of aromatic nitrogens is 6. The molecule has 156 valence electrons. The molecule has 0 aliphatic carbocycles. The van der Waals surface area contributed by atoms with Gasteiger partial charge in [-0.2, -0.15) is 9.61 Å². The van der Waals surface area contributed by atoms with Crippen LogP contribution in [0.3, 0.4) is 0 Å². The minimum Gasteiger partial charge on any atom is -0.274 e. The lowest BCUT2D eigenvalue weighted by Gasteiger charge is -2.04. The van der Waals surface area contributed by atoms with Crippen LogP contribution in [0.4, 0.5) is 0 Å². The predicted molar refractivity (Wildman–Crippen MR) is 122 cm³/mol. The van der Waals surface area contributed by atoms with Crippen molar-refractivity contribution in [1.82, 2.24) is 29.8 Å². The van der Waals surface area contributed by atoms with Gasteiger partial charge >= 0.3 is 0 Å². The van der Waals surface area contributed by atoms with Gasteiger partial charge in [0.25, 0.3) is 0 Å². The molecule has 0 spiro atoms. The summed E-state index contributed by atoms with van der Waals surface area (Å²) in [6.07, 6.45) is 2.30. The zero-order valence-corrected chi connectivity index (χ0v) is 17.4.